The van der Waals surface area contributed by atoms with Gasteiger partial charge in [-0.15, -0.1) is 0 Å². The lowest BCUT2D eigenvalue weighted by Crippen LogP contribution is -2.35. The molecule has 0 aromatic heterocycles. The summed E-state index contributed by atoms with van der Waals surface area (Å²) in [5.41, 5.74) is 7.77. The number of sulfonamides is 1. The van der Waals surface area contributed by atoms with Gasteiger partial charge in [0.1, 0.15) is 0 Å². The van der Waals surface area contributed by atoms with Crippen LogP contribution in [0.15, 0.2) is 17.0 Å². The molecule has 0 unspecified atom stereocenters. The molecule has 0 amide bonds. The molecule has 112 valence electrons. The maximum atomic E-state index is 12.6. The minimum Gasteiger partial charge on any atom is -0.398 e. The minimum atomic E-state index is -3.49. The molecule has 4 nitrogen and oxygen atoms in total. The number of nitrogens with one attached hydrogen (secondary N) is 1. The van der Waals surface area contributed by atoms with Crippen LogP contribution in [0.1, 0.15) is 49.7 Å². The lowest BCUT2D eigenvalue weighted by molar-refractivity contribution is 0.509. The Labute approximate surface area is 121 Å². The van der Waals surface area contributed by atoms with Crippen LogP contribution in [-0.2, 0) is 10.0 Å². The highest BCUT2D eigenvalue weighted by molar-refractivity contribution is 7.89. The number of nitrogens with two attached hydrogens (primary N) is 1. The Hall–Kier alpha value is -1.07. The lowest BCUT2D eigenvalue weighted by Gasteiger charge is -2.19. The van der Waals surface area contributed by atoms with E-state index in [9.17, 15) is 8.42 Å². The molecule has 0 bridgehead atoms. The van der Waals surface area contributed by atoms with Gasteiger partial charge in [0, 0.05) is 11.7 Å². The molecule has 20 heavy (non-hydrogen) atoms. The van der Waals surface area contributed by atoms with E-state index in [1.165, 1.54) is 12.8 Å². The second kappa shape index (κ2) is 6.14. The molecule has 1 aliphatic carbocycles. The largest absolute Gasteiger partial charge is 0.398 e. The normalized spacial score (nSPS) is 17.9. The van der Waals surface area contributed by atoms with Crippen molar-refractivity contribution in [3.8, 4) is 0 Å². The molecule has 1 aromatic rings. The van der Waals surface area contributed by atoms with Crippen molar-refractivity contribution in [2.24, 2.45) is 0 Å². The number of hydrogen-bond donors (Lipinski definition) is 2. The molecule has 0 spiro atoms. The Kier molecular flexibility index (Phi) is 4.70. The molecule has 1 aromatic carbocycles. The molecule has 3 N–H and O–H groups in total. The van der Waals surface area contributed by atoms with Crippen LogP contribution in [0.2, 0.25) is 0 Å². The minimum absolute atomic E-state index is 0.0581. The summed E-state index contributed by atoms with van der Waals surface area (Å²) in [6, 6.07) is 3.59. The first kappa shape index (κ1) is 15.3. The first-order valence-corrected chi connectivity index (χ1v) is 8.78. The average Bonchev–Trinajstić information content (AvgIpc) is 2.62. The van der Waals surface area contributed by atoms with Crippen molar-refractivity contribution >= 4 is 15.7 Å². The Balaban J connectivity index is 2.28. The SMILES string of the molecule is Cc1ccc(N)c(C)c1S(=O)(=O)NC1CCCCCC1. The third-order valence-corrected chi connectivity index (χ3v) is 5.90. The van der Waals surface area contributed by atoms with Crippen LogP contribution in [0.3, 0.4) is 0 Å². The molecular weight excluding hydrogens is 272 g/mol. The maximum Gasteiger partial charge on any atom is 0.241 e. The highest BCUT2D eigenvalue weighted by Crippen LogP contribution is 2.26. The van der Waals surface area contributed by atoms with E-state index in [0.29, 0.717) is 16.1 Å². The van der Waals surface area contributed by atoms with E-state index in [1.807, 2.05) is 6.92 Å². The molecule has 1 fully saturated rings. The van der Waals surface area contributed by atoms with Gasteiger partial charge < -0.3 is 5.73 Å². The second-order valence-corrected chi connectivity index (χ2v) is 7.39. The summed E-state index contributed by atoms with van der Waals surface area (Å²) in [5, 5.41) is 0. The van der Waals surface area contributed by atoms with Gasteiger partial charge in [0.15, 0.2) is 0 Å². The lowest BCUT2D eigenvalue weighted by atomic mass is 10.1. The van der Waals surface area contributed by atoms with E-state index in [2.05, 4.69) is 4.72 Å². The van der Waals surface area contributed by atoms with Crippen molar-refractivity contribution in [1.29, 1.82) is 0 Å². The van der Waals surface area contributed by atoms with Gasteiger partial charge in [0.2, 0.25) is 10.0 Å². The molecule has 0 aliphatic heterocycles. The topological polar surface area (TPSA) is 72.2 Å². The van der Waals surface area contributed by atoms with Crippen LogP contribution in [0.5, 0.6) is 0 Å². The Morgan fingerprint density at radius 3 is 2.30 bits per heavy atom. The molecule has 1 aliphatic rings. The fraction of sp³-hybridized carbons (Fsp3) is 0.600. The zero-order chi connectivity index (χ0) is 14.8. The van der Waals surface area contributed by atoms with E-state index in [1.54, 1.807) is 19.1 Å². The number of nitrogen functional groups attached to an aromatic ring is 1. The van der Waals surface area contributed by atoms with Crippen molar-refractivity contribution in [2.75, 3.05) is 5.73 Å². The van der Waals surface area contributed by atoms with Gasteiger partial charge in [-0.25, -0.2) is 13.1 Å². The Morgan fingerprint density at radius 1 is 1.10 bits per heavy atom. The number of hydrogen-bond acceptors (Lipinski definition) is 3. The van der Waals surface area contributed by atoms with E-state index in [-0.39, 0.29) is 6.04 Å². The first-order valence-electron chi connectivity index (χ1n) is 7.30. The summed E-state index contributed by atoms with van der Waals surface area (Å²) in [6.07, 6.45) is 6.46. The van der Waals surface area contributed by atoms with Gasteiger partial charge in [-0.2, -0.15) is 0 Å². The molecule has 2 rings (SSSR count). The number of aryl methyl sites for hydroxylation is 1. The van der Waals surface area contributed by atoms with E-state index in [0.717, 1.165) is 31.2 Å². The van der Waals surface area contributed by atoms with E-state index in [4.69, 9.17) is 5.73 Å². The summed E-state index contributed by atoms with van der Waals surface area (Å²) in [4.78, 5) is 0.349. The fourth-order valence-corrected chi connectivity index (χ4v) is 4.74. The molecule has 5 heteroatoms. The number of anilines is 1. The molecule has 1 saturated carbocycles. The van der Waals surface area contributed by atoms with Crippen LogP contribution in [-0.4, -0.2) is 14.5 Å². The van der Waals surface area contributed by atoms with Gasteiger partial charge in [0.25, 0.3) is 0 Å². The highest BCUT2D eigenvalue weighted by atomic mass is 32.2. The molecule has 0 saturated heterocycles. The van der Waals surface area contributed by atoms with E-state index < -0.39 is 10.0 Å². The smallest absolute Gasteiger partial charge is 0.241 e. The summed E-state index contributed by atoms with van der Waals surface area (Å²) in [6.45, 7) is 3.58. The standard InChI is InChI=1S/C15H24N2O2S/c1-11-9-10-14(16)12(2)15(11)20(18,19)17-13-7-5-3-4-6-8-13/h9-10,13,17H,3-8,16H2,1-2H3. The van der Waals surface area contributed by atoms with Crippen LogP contribution in [0.25, 0.3) is 0 Å². The monoisotopic (exact) mass is 296 g/mol. The van der Waals surface area contributed by atoms with Gasteiger partial charge in [0.05, 0.1) is 4.90 Å². The molecule has 0 radical (unpaired) electrons. The predicted molar refractivity (Wildman–Crippen MR) is 82.1 cm³/mol. The fourth-order valence-electron chi connectivity index (χ4n) is 2.93. The molecular formula is C15H24N2O2S. The van der Waals surface area contributed by atoms with Gasteiger partial charge >= 0.3 is 0 Å². The van der Waals surface area contributed by atoms with Crippen LogP contribution in [0, 0.1) is 13.8 Å². The van der Waals surface area contributed by atoms with Crippen LogP contribution >= 0.6 is 0 Å². The summed E-state index contributed by atoms with van der Waals surface area (Å²) < 4.78 is 28.2. The van der Waals surface area contributed by atoms with Gasteiger partial charge in [-0.1, -0.05) is 31.7 Å². The van der Waals surface area contributed by atoms with E-state index >= 15 is 0 Å². The van der Waals surface area contributed by atoms with Crippen molar-refractivity contribution in [3.63, 3.8) is 0 Å². The van der Waals surface area contributed by atoms with Gasteiger partial charge in [-0.05, 0) is 43.9 Å². The third-order valence-electron chi connectivity index (χ3n) is 4.09. The Bertz CT molecular complexity index is 574. The second-order valence-electron chi connectivity index (χ2n) is 5.74. The average molecular weight is 296 g/mol. The summed E-state index contributed by atoms with van der Waals surface area (Å²) in [5.74, 6) is 0. The number of benzene rings is 1. The molecule has 0 atom stereocenters. The van der Waals surface area contributed by atoms with Crippen LogP contribution < -0.4 is 10.5 Å². The van der Waals surface area contributed by atoms with Crippen LogP contribution in [0.4, 0.5) is 5.69 Å². The summed E-state index contributed by atoms with van der Waals surface area (Å²) >= 11 is 0. The van der Waals surface area contributed by atoms with Gasteiger partial charge in [-0.3, -0.25) is 0 Å². The quantitative estimate of drug-likeness (QED) is 0.665. The van der Waals surface area contributed by atoms with Crippen molar-refractivity contribution in [1.82, 2.24) is 4.72 Å². The zero-order valence-corrected chi connectivity index (χ0v) is 13.1. The number of rotatable bonds is 3. The van der Waals surface area contributed by atoms with Crippen molar-refractivity contribution < 1.29 is 8.42 Å². The van der Waals surface area contributed by atoms with Crippen molar-refractivity contribution in [3.05, 3.63) is 23.3 Å². The van der Waals surface area contributed by atoms with Crippen molar-refractivity contribution in [2.45, 2.75) is 63.3 Å². The highest BCUT2D eigenvalue weighted by Gasteiger charge is 2.24. The Morgan fingerprint density at radius 2 is 1.70 bits per heavy atom. The maximum absolute atomic E-state index is 12.6. The zero-order valence-electron chi connectivity index (χ0n) is 12.3. The first-order chi connectivity index (χ1) is 9.42. The summed E-state index contributed by atoms with van der Waals surface area (Å²) in [7, 11) is -3.49. The predicted octanol–water partition coefficient (Wildman–Crippen LogP) is 2.89. The molecule has 0 heterocycles. The third kappa shape index (κ3) is 3.33.